The Morgan fingerprint density at radius 3 is 2.63 bits per heavy atom. The van der Waals surface area contributed by atoms with Crippen molar-refractivity contribution in [2.45, 2.75) is 40.2 Å². The van der Waals surface area contributed by atoms with Gasteiger partial charge in [0.1, 0.15) is 6.61 Å². The van der Waals surface area contributed by atoms with Crippen molar-refractivity contribution in [2.24, 2.45) is 5.92 Å². The predicted molar refractivity (Wildman–Crippen MR) is 114 cm³/mol. The number of allylic oxidation sites excluding steroid dienone is 1. The molecule has 0 radical (unpaired) electrons. The molecule has 1 heterocycles. The number of benzene rings is 1. The van der Waals surface area contributed by atoms with Crippen LogP contribution in [0.25, 0.3) is 0 Å². The molecule has 8 heteroatoms. The van der Waals surface area contributed by atoms with Gasteiger partial charge in [-0.15, -0.1) is 0 Å². The maximum Gasteiger partial charge on any atom is 0.338 e. The fraction of sp³-hybridized carbons (Fsp3) is 0.500. The predicted octanol–water partition coefficient (Wildman–Crippen LogP) is 3.22. The van der Waals surface area contributed by atoms with Gasteiger partial charge in [0.2, 0.25) is 5.91 Å². The Morgan fingerprint density at radius 2 is 2.00 bits per heavy atom. The van der Waals surface area contributed by atoms with E-state index in [1.165, 1.54) is 7.11 Å². The Balaban J connectivity index is 2.41. The Hall–Kier alpha value is -2.87. The van der Waals surface area contributed by atoms with Gasteiger partial charge in [0.05, 0.1) is 18.2 Å². The summed E-state index contributed by atoms with van der Waals surface area (Å²) in [6.45, 7) is 8.22. The van der Waals surface area contributed by atoms with Crippen LogP contribution in [0.4, 0.5) is 10.5 Å². The van der Waals surface area contributed by atoms with Crippen LogP contribution in [-0.2, 0) is 19.1 Å². The van der Waals surface area contributed by atoms with Crippen LogP contribution >= 0.6 is 0 Å². The number of hydrogen-bond acceptors (Lipinski definition) is 5. The normalized spacial score (nSPS) is 16.5. The number of esters is 1. The van der Waals surface area contributed by atoms with E-state index >= 15 is 0 Å². The van der Waals surface area contributed by atoms with Crippen LogP contribution < -0.4 is 10.6 Å². The van der Waals surface area contributed by atoms with Gasteiger partial charge in [-0.1, -0.05) is 32.9 Å². The summed E-state index contributed by atoms with van der Waals surface area (Å²) in [5, 5.41) is 5.75. The van der Waals surface area contributed by atoms with Crippen molar-refractivity contribution < 1.29 is 23.9 Å². The zero-order valence-corrected chi connectivity index (χ0v) is 18.3. The Morgan fingerprint density at radius 1 is 1.27 bits per heavy atom. The molecule has 0 unspecified atom stereocenters. The van der Waals surface area contributed by atoms with Gasteiger partial charge in [0, 0.05) is 31.0 Å². The zero-order valence-electron chi connectivity index (χ0n) is 18.3. The molecular weight excluding hydrogens is 386 g/mol. The lowest BCUT2D eigenvalue weighted by atomic mass is 9.94. The number of carbonyl (C=O) groups is 3. The van der Waals surface area contributed by atoms with Crippen LogP contribution in [0.15, 0.2) is 35.5 Å². The fourth-order valence-electron chi connectivity index (χ4n) is 3.17. The van der Waals surface area contributed by atoms with Crippen molar-refractivity contribution in [1.29, 1.82) is 0 Å². The maximum atomic E-state index is 12.9. The second kappa shape index (κ2) is 10.8. The van der Waals surface area contributed by atoms with Crippen molar-refractivity contribution in [3.05, 3.63) is 41.1 Å². The highest BCUT2D eigenvalue weighted by molar-refractivity contribution is 5.95. The molecule has 2 rings (SSSR count). The molecule has 0 bridgehead atoms. The number of rotatable bonds is 9. The van der Waals surface area contributed by atoms with Crippen molar-refractivity contribution in [1.82, 2.24) is 10.2 Å². The summed E-state index contributed by atoms with van der Waals surface area (Å²) in [4.78, 5) is 39.2. The van der Waals surface area contributed by atoms with Gasteiger partial charge in [-0.2, -0.15) is 0 Å². The number of urea groups is 1. The van der Waals surface area contributed by atoms with Gasteiger partial charge in [0.25, 0.3) is 0 Å². The second-order valence-electron chi connectivity index (χ2n) is 7.43. The summed E-state index contributed by atoms with van der Waals surface area (Å²) in [6, 6.07) is 6.16. The van der Waals surface area contributed by atoms with E-state index in [-0.39, 0.29) is 31.1 Å². The molecule has 0 spiro atoms. The molecule has 1 aliphatic rings. The summed E-state index contributed by atoms with van der Waals surface area (Å²) in [6.07, 6.45) is 0.748. The largest absolute Gasteiger partial charge is 0.460 e. The number of methoxy groups -OCH3 is 1. The summed E-state index contributed by atoms with van der Waals surface area (Å²) in [7, 11) is 1.53. The number of nitrogens with zero attached hydrogens (tertiary/aromatic N) is 1. The van der Waals surface area contributed by atoms with Gasteiger partial charge >= 0.3 is 12.0 Å². The molecule has 8 nitrogen and oxygen atoms in total. The van der Waals surface area contributed by atoms with Crippen LogP contribution in [0, 0.1) is 5.92 Å². The standard InChI is InChI=1S/C22H31N3O5/c1-6-10-25-15(4)18(21(27)30-12-11-29-5)19(24-22(25)28)16-8-7-9-17(13-16)23-20(26)14(2)3/h7-9,13-14,19H,6,10-12H2,1-5H3,(H,23,26)(H,24,28)/t19-/m1/s1. The minimum Gasteiger partial charge on any atom is -0.460 e. The van der Waals surface area contributed by atoms with E-state index in [2.05, 4.69) is 10.6 Å². The first-order valence-corrected chi connectivity index (χ1v) is 10.2. The monoisotopic (exact) mass is 417 g/mol. The van der Waals surface area contributed by atoms with Crippen LogP contribution in [0.1, 0.15) is 45.7 Å². The molecule has 0 saturated carbocycles. The van der Waals surface area contributed by atoms with E-state index < -0.39 is 12.0 Å². The number of anilines is 1. The van der Waals surface area contributed by atoms with Crippen molar-refractivity contribution >= 4 is 23.6 Å². The van der Waals surface area contributed by atoms with E-state index in [0.717, 1.165) is 6.42 Å². The highest BCUT2D eigenvalue weighted by atomic mass is 16.6. The van der Waals surface area contributed by atoms with Crippen molar-refractivity contribution in [2.75, 3.05) is 32.2 Å². The Bertz CT molecular complexity index is 819. The van der Waals surface area contributed by atoms with Gasteiger partial charge in [-0.3, -0.25) is 9.69 Å². The Labute approximate surface area is 177 Å². The third-order valence-electron chi connectivity index (χ3n) is 4.80. The molecule has 0 aliphatic carbocycles. The molecule has 1 aliphatic heterocycles. The number of carbonyl (C=O) groups excluding carboxylic acids is 3. The Kier molecular flexibility index (Phi) is 8.41. The molecule has 1 atom stereocenters. The van der Waals surface area contributed by atoms with Crippen molar-refractivity contribution in [3.8, 4) is 0 Å². The molecule has 164 valence electrons. The van der Waals surface area contributed by atoms with E-state index in [4.69, 9.17) is 9.47 Å². The average molecular weight is 418 g/mol. The molecule has 30 heavy (non-hydrogen) atoms. The minimum absolute atomic E-state index is 0.111. The van der Waals surface area contributed by atoms with Crippen LogP contribution in [0.5, 0.6) is 0 Å². The smallest absolute Gasteiger partial charge is 0.338 e. The number of hydrogen-bond donors (Lipinski definition) is 2. The summed E-state index contributed by atoms with van der Waals surface area (Å²) < 4.78 is 10.3. The lowest BCUT2D eigenvalue weighted by molar-refractivity contribution is -0.141. The third-order valence-corrected chi connectivity index (χ3v) is 4.80. The lowest BCUT2D eigenvalue weighted by Gasteiger charge is -2.35. The van der Waals surface area contributed by atoms with Gasteiger partial charge in [-0.05, 0) is 31.0 Å². The number of amides is 3. The van der Waals surface area contributed by atoms with Gasteiger partial charge in [-0.25, -0.2) is 9.59 Å². The fourth-order valence-corrected chi connectivity index (χ4v) is 3.17. The van der Waals surface area contributed by atoms with Crippen molar-refractivity contribution in [3.63, 3.8) is 0 Å². The molecule has 3 amide bonds. The molecule has 0 saturated heterocycles. The molecule has 0 aromatic heterocycles. The first-order chi connectivity index (χ1) is 14.3. The van der Waals surface area contributed by atoms with Gasteiger partial charge in [0.15, 0.2) is 0 Å². The highest BCUT2D eigenvalue weighted by Gasteiger charge is 2.36. The minimum atomic E-state index is -0.684. The van der Waals surface area contributed by atoms with E-state index in [1.807, 2.05) is 20.8 Å². The molecular formula is C22H31N3O5. The topological polar surface area (TPSA) is 97.0 Å². The van der Waals surface area contributed by atoms with E-state index in [0.29, 0.717) is 29.1 Å². The molecule has 0 fully saturated rings. The molecule has 2 N–H and O–H groups in total. The van der Waals surface area contributed by atoms with E-state index in [9.17, 15) is 14.4 Å². The summed E-state index contributed by atoms with van der Waals surface area (Å²) >= 11 is 0. The summed E-state index contributed by atoms with van der Waals surface area (Å²) in [5.41, 5.74) is 2.21. The number of ether oxygens (including phenoxy) is 2. The maximum absolute atomic E-state index is 12.9. The first-order valence-electron chi connectivity index (χ1n) is 10.2. The van der Waals surface area contributed by atoms with Crippen LogP contribution in [0.3, 0.4) is 0 Å². The highest BCUT2D eigenvalue weighted by Crippen LogP contribution is 2.32. The van der Waals surface area contributed by atoms with E-state index in [1.54, 1.807) is 36.1 Å². The quantitative estimate of drug-likeness (QED) is 0.475. The van der Waals surface area contributed by atoms with Gasteiger partial charge < -0.3 is 20.1 Å². The average Bonchev–Trinajstić information content (AvgIpc) is 2.70. The lowest BCUT2D eigenvalue weighted by Crippen LogP contribution is -2.48. The SMILES string of the molecule is CCCN1C(=O)N[C@H](c2cccc(NC(=O)C(C)C)c2)C(C(=O)OCCOC)=C1C. The third kappa shape index (κ3) is 5.60. The molecule has 1 aromatic carbocycles. The zero-order chi connectivity index (χ0) is 22.3. The second-order valence-corrected chi connectivity index (χ2v) is 7.43. The molecule has 1 aromatic rings. The summed E-state index contributed by atoms with van der Waals surface area (Å²) in [5.74, 6) is -0.786. The van der Waals surface area contributed by atoms with Crippen LogP contribution in [0.2, 0.25) is 0 Å². The number of nitrogens with one attached hydrogen (secondary N) is 2. The first kappa shape index (κ1) is 23.4. The van der Waals surface area contributed by atoms with Crippen LogP contribution in [-0.4, -0.2) is 49.7 Å².